The summed E-state index contributed by atoms with van der Waals surface area (Å²) in [5.74, 6) is -0.247. The van der Waals surface area contributed by atoms with Gasteiger partial charge in [-0.2, -0.15) is 0 Å². The van der Waals surface area contributed by atoms with E-state index < -0.39 is 35.6 Å². The monoisotopic (exact) mass is 776 g/mol. The zero-order valence-electron chi connectivity index (χ0n) is 32.3. The number of hydrogen-bond donors (Lipinski definition) is 5. The smallest absolute Gasteiger partial charge is 0.271 e. The molecule has 57 heavy (non-hydrogen) atoms. The molecule has 5 aliphatic rings. The zero-order valence-corrected chi connectivity index (χ0v) is 32.3. The second-order valence-corrected chi connectivity index (χ2v) is 16.1. The number of nitrogens with two attached hydrogens (primary N) is 1. The Kier molecular flexibility index (Phi) is 11.5. The van der Waals surface area contributed by atoms with Crippen molar-refractivity contribution in [3.63, 3.8) is 0 Å². The van der Waals surface area contributed by atoms with Crippen molar-refractivity contribution in [3.05, 3.63) is 71.0 Å². The van der Waals surface area contributed by atoms with E-state index in [0.717, 1.165) is 101 Å². The van der Waals surface area contributed by atoms with Crippen LogP contribution in [-0.4, -0.2) is 108 Å². The molecule has 0 aliphatic carbocycles. The van der Waals surface area contributed by atoms with Crippen LogP contribution in [0, 0.1) is 11.8 Å². The molecule has 0 spiro atoms. The van der Waals surface area contributed by atoms with Crippen molar-refractivity contribution in [2.24, 2.45) is 17.6 Å². The normalized spacial score (nSPS) is 21.6. The van der Waals surface area contributed by atoms with Gasteiger partial charge in [0, 0.05) is 44.0 Å². The summed E-state index contributed by atoms with van der Waals surface area (Å²) >= 11 is 0. The van der Waals surface area contributed by atoms with Crippen molar-refractivity contribution in [3.8, 4) is 0 Å². The molecule has 5 amide bonds. The quantitative estimate of drug-likeness (QED) is 0.168. The lowest BCUT2D eigenvalue weighted by Crippen LogP contribution is -2.54. The Bertz CT molecular complexity index is 2000. The van der Waals surface area contributed by atoms with Crippen LogP contribution in [0.2, 0.25) is 0 Å². The van der Waals surface area contributed by atoms with Crippen LogP contribution in [0.3, 0.4) is 0 Å². The predicted octanol–water partition coefficient (Wildman–Crippen LogP) is 3.62. The van der Waals surface area contributed by atoms with Gasteiger partial charge in [-0.05, 0) is 125 Å². The van der Waals surface area contributed by atoms with Crippen LogP contribution in [0.4, 0.5) is 23.0 Å². The molecular weight excluding hydrogens is 725 g/mol. The van der Waals surface area contributed by atoms with Crippen molar-refractivity contribution >= 4 is 52.5 Å². The summed E-state index contributed by atoms with van der Waals surface area (Å²) in [4.78, 5) is 78.6. The molecule has 2 atom stereocenters. The number of amides is 5. The van der Waals surface area contributed by atoms with Crippen LogP contribution in [0.25, 0.3) is 0 Å². The molecule has 0 radical (unpaired) electrons. The lowest BCUT2D eigenvalue weighted by atomic mass is 9.83. The number of primary amides is 1. The fourth-order valence-corrected chi connectivity index (χ4v) is 9.28. The Hall–Kier alpha value is -5.41. The number of carbonyl (C=O) groups is 5. The van der Waals surface area contributed by atoms with Gasteiger partial charge in [-0.15, -0.1) is 0 Å². The number of anilines is 4. The predicted molar refractivity (Wildman–Crippen MR) is 215 cm³/mol. The van der Waals surface area contributed by atoms with Crippen LogP contribution >= 0.6 is 0 Å². The van der Waals surface area contributed by atoms with Gasteiger partial charge in [0.25, 0.3) is 17.7 Å². The molecule has 3 aromatic rings. The highest BCUT2D eigenvalue weighted by molar-refractivity contribution is 6.25. The summed E-state index contributed by atoms with van der Waals surface area (Å²) in [6.07, 6.45) is 9.49. The van der Waals surface area contributed by atoms with E-state index in [1.807, 2.05) is 18.2 Å². The van der Waals surface area contributed by atoms with Gasteiger partial charge in [-0.25, -0.2) is 9.97 Å². The summed E-state index contributed by atoms with van der Waals surface area (Å²) in [7, 11) is 0. The lowest BCUT2D eigenvalue weighted by molar-refractivity contribution is -0.136. The summed E-state index contributed by atoms with van der Waals surface area (Å²) in [6, 6.07) is 12.6. The molecule has 8 rings (SSSR count). The maximum Gasteiger partial charge on any atom is 0.271 e. The van der Waals surface area contributed by atoms with E-state index in [2.05, 4.69) is 48.2 Å². The van der Waals surface area contributed by atoms with Gasteiger partial charge < -0.3 is 31.5 Å². The van der Waals surface area contributed by atoms with Gasteiger partial charge in [0.15, 0.2) is 11.5 Å². The highest BCUT2D eigenvalue weighted by atomic mass is 16.2. The minimum absolute atomic E-state index is 0.0821. The standard InChI is InChI=1S/C42H52N10O5/c43-38(54)37-39(48-34(24-46-37)51-19-2-1-3-20-51)47-30-9-7-26(8-10-30)28-15-21-50(22-16-28)25-29(27-13-17-44-18-14-27)23-45-32-6-4-5-31-36(32)42(57)52(41(31)56)33-11-12-35(53)49-40(33)55/h4-10,24,27-29,33,44-45H,1-3,11-23,25H2,(H2,43,54)(H,47,48)(H,49,53,55). The molecule has 15 heteroatoms. The first-order valence-electron chi connectivity index (χ1n) is 20.5. The first-order chi connectivity index (χ1) is 27.7. The molecule has 2 aromatic carbocycles. The fraction of sp³-hybridized carbons (Fsp3) is 0.500. The SMILES string of the molecule is NC(=O)c1ncc(N2CCCCC2)nc1Nc1ccc(C2CCN(CC(CNc3cccc4c3C(=O)N(C3CCC(=O)NC3=O)C4=O)C3CCNCC3)CC2)cc1. The van der Waals surface area contributed by atoms with E-state index in [9.17, 15) is 24.0 Å². The van der Waals surface area contributed by atoms with E-state index in [-0.39, 0.29) is 24.1 Å². The van der Waals surface area contributed by atoms with Crippen LogP contribution in [0.1, 0.15) is 100 Å². The zero-order chi connectivity index (χ0) is 39.5. The molecule has 0 bridgehead atoms. The molecule has 1 aromatic heterocycles. The third-order valence-corrected chi connectivity index (χ3v) is 12.5. The number of carbonyl (C=O) groups excluding carboxylic acids is 5. The van der Waals surface area contributed by atoms with E-state index in [1.165, 1.54) is 12.0 Å². The van der Waals surface area contributed by atoms with Crippen molar-refractivity contribution in [1.82, 2.24) is 30.4 Å². The minimum atomic E-state index is -0.999. The van der Waals surface area contributed by atoms with Crippen molar-refractivity contribution in [2.75, 3.05) is 67.9 Å². The second-order valence-electron chi connectivity index (χ2n) is 16.1. The van der Waals surface area contributed by atoms with Gasteiger partial charge in [0.1, 0.15) is 11.9 Å². The molecule has 5 aliphatic heterocycles. The maximum atomic E-state index is 13.7. The summed E-state index contributed by atoms with van der Waals surface area (Å²) in [5.41, 5.74) is 9.06. The van der Waals surface area contributed by atoms with E-state index in [4.69, 9.17) is 10.7 Å². The van der Waals surface area contributed by atoms with E-state index in [0.29, 0.717) is 41.4 Å². The van der Waals surface area contributed by atoms with Gasteiger partial charge >= 0.3 is 0 Å². The van der Waals surface area contributed by atoms with E-state index >= 15 is 0 Å². The molecule has 6 heterocycles. The number of rotatable bonds is 12. The Labute approximate surface area is 332 Å². The van der Waals surface area contributed by atoms with Gasteiger partial charge in [-0.3, -0.25) is 34.2 Å². The topological polar surface area (TPSA) is 195 Å². The largest absolute Gasteiger partial charge is 0.384 e. The number of piperidine rings is 4. The highest BCUT2D eigenvalue weighted by Gasteiger charge is 2.45. The van der Waals surface area contributed by atoms with Crippen LogP contribution in [0.15, 0.2) is 48.7 Å². The third-order valence-electron chi connectivity index (χ3n) is 12.5. The number of likely N-dealkylation sites (tertiary alicyclic amines) is 1. The molecule has 4 saturated heterocycles. The first kappa shape index (κ1) is 38.5. The molecule has 4 fully saturated rings. The maximum absolute atomic E-state index is 13.7. The summed E-state index contributed by atoms with van der Waals surface area (Å²) in [5, 5.41) is 12.6. The number of hydrogen-bond acceptors (Lipinski definition) is 12. The second kappa shape index (κ2) is 17.0. The van der Waals surface area contributed by atoms with Crippen molar-refractivity contribution in [2.45, 2.75) is 69.7 Å². The Balaban J connectivity index is 0.893. The molecule has 0 saturated carbocycles. The Morgan fingerprint density at radius 1 is 0.895 bits per heavy atom. The van der Waals surface area contributed by atoms with Crippen molar-refractivity contribution < 1.29 is 24.0 Å². The number of nitrogens with zero attached hydrogens (tertiary/aromatic N) is 5. The lowest BCUT2D eigenvalue weighted by Gasteiger charge is -2.38. The Morgan fingerprint density at radius 3 is 2.37 bits per heavy atom. The van der Waals surface area contributed by atoms with Gasteiger partial charge in [0.2, 0.25) is 11.8 Å². The molecule has 2 unspecified atom stereocenters. The molecule has 15 nitrogen and oxygen atoms in total. The highest BCUT2D eigenvalue weighted by Crippen LogP contribution is 2.35. The van der Waals surface area contributed by atoms with Crippen LogP contribution in [0.5, 0.6) is 0 Å². The van der Waals surface area contributed by atoms with Crippen LogP contribution in [-0.2, 0) is 9.59 Å². The fourth-order valence-electron chi connectivity index (χ4n) is 9.28. The molecule has 6 N–H and O–H groups in total. The number of aromatic nitrogens is 2. The first-order valence-corrected chi connectivity index (χ1v) is 20.5. The average molecular weight is 777 g/mol. The molecule has 300 valence electrons. The summed E-state index contributed by atoms with van der Waals surface area (Å²) in [6.45, 7) is 7.32. The molecular formula is C42H52N10O5. The van der Waals surface area contributed by atoms with Crippen molar-refractivity contribution in [1.29, 1.82) is 0 Å². The number of benzene rings is 2. The Morgan fingerprint density at radius 2 is 1.65 bits per heavy atom. The minimum Gasteiger partial charge on any atom is -0.384 e. The van der Waals surface area contributed by atoms with E-state index in [1.54, 1.807) is 18.3 Å². The average Bonchev–Trinajstić information content (AvgIpc) is 3.49. The van der Waals surface area contributed by atoms with Gasteiger partial charge in [-0.1, -0.05) is 18.2 Å². The van der Waals surface area contributed by atoms with Gasteiger partial charge in [0.05, 0.1) is 17.3 Å². The van der Waals surface area contributed by atoms with Crippen LogP contribution < -0.4 is 31.9 Å². The number of nitrogens with one attached hydrogen (secondary N) is 4. The number of imide groups is 2. The number of fused-ring (bicyclic) bond motifs is 1. The third kappa shape index (κ3) is 8.35. The summed E-state index contributed by atoms with van der Waals surface area (Å²) < 4.78 is 0.